The number of aryl methyl sites for hydroxylation is 1. The SMILES string of the molecule is C[C@@]12NCC[C@]1(C)c1cccc3c1N2CCC3. The number of fused-ring (bicyclic) bond motifs is 3. The van der Waals surface area contributed by atoms with Gasteiger partial charge in [-0.3, -0.25) is 5.32 Å². The molecule has 0 bridgehead atoms. The number of anilines is 1. The topological polar surface area (TPSA) is 15.3 Å². The molecule has 1 saturated heterocycles. The van der Waals surface area contributed by atoms with Crippen molar-refractivity contribution in [1.82, 2.24) is 5.32 Å². The van der Waals surface area contributed by atoms with Gasteiger partial charge in [-0.25, -0.2) is 0 Å². The number of hydrogen-bond donors (Lipinski definition) is 1. The van der Waals surface area contributed by atoms with Gasteiger partial charge in [-0.05, 0) is 43.9 Å². The molecule has 1 aromatic carbocycles. The largest absolute Gasteiger partial charge is 0.352 e. The summed E-state index contributed by atoms with van der Waals surface area (Å²) in [5, 5.41) is 3.77. The van der Waals surface area contributed by atoms with E-state index in [4.69, 9.17) is 0 Å². The molecular weight excluding hydrogens is 208 g/mol. The number of hydrogen-bond acceptors (Lipinski definition) is 2. The summed E-state index contributed by atoms with van der Waals surface area (Å²) in [6.45, 7) is 7.20. The highest BCUT2D eigenvalue weighted by Gasteiger charge is 2.59. The molecule has 1 N–H and O–H groups in total. The second-order valence-electron chi connectivity index (χ2n) is 6.15. The molecular formula is C15H20N2. The van der Waals surface area contributed by atoms with E-state index in [1.165, 1.54) is 25.8 Å². The van der Waals surface area contributed by atoms with Crippen molar-refractivity contribution in [3.63, 3.8) is 0 Å². The number of nitrogens with zero attached hydrogens (tertiary/aromatic N) is 1. The highest BCUT2D eigenvalue weighted by Crippen LogP contribution is 2.56. The normalized spacial score (nSPS) is 38.1. The monoisotopic (exact) mass is 228 g/mol. The van der Waals surface area contributed by atoms with Crippen LogP contribution < -0.4 is 10.2 Å². The van der Waals surface area contributed by atoms with Gasteiger partial charge in [-0.15, -0.1) is 0 Å². The number of nitrogens with one attached hydrogen (secondary N) is 1. The first kappa shape index (κ1) is 9.95. The zero-order chi connectivity index (χ0) is 11.7. The third-order valence-electron chi connectivity index (χ3n) is 5.52. The van der Waals surface area contributed by atoms with Crippen LogP contribution in [-0.2, 0) is 11.8 Å². The molecule has 0 saturated carbocycles. The van der Waals surface area contributed by atoms with Gasteiger partial charge in [0, 0.05) is 17.6 Å². The van der Waals surface area contributed by atoms with E-state index in [0.717, 1.165) is 6.54 Å². The average molecular weight is 228 g/mol. The quantitative estimate of drug-likeness (QED) is 0.733. The molecule has 0 aliphatic carbocycles. The van der Waals surface area contributed by atoms with Gasteiger partial charge >= 0.3 is 0 Å². The summed E-state index contributed by atoms with van der Waals surface area (Å²) >= 11 is 0. The van der Waals surface area contributed by atoms with Gasteiger partial charge in [-0.1, -0.05) is 25.1 Å². The molecule has 1 aromatic rings. The third kappa shape index (κ3) is 0.934. The summed E-state index contributed by atoms with van der Waals surface area (Å²) in [4.78, 5) is 2.65. The summed E-state index contributed by atoms with van der Waals surface area (Å²) in [7, 11) is 0. The van der Waals surface area contributed by atoms with Crippen LogP contribution in [0.2, 0.25) is 0 Å². The molecule has 0 unspecified atom stereocenters. The van der Waals surface area contributed by atoms with E-state index in [1.54, 1.807) is 16.8 Å². The van der Waals surface area contributed by atoms with Gasteiger partial charge in [0.05, 0.1) is 5.66 Å². The first-order chi connectivity index (χ1) is 8.17. The molecule has 4 rings (SSSR count). The van der Waals surface area contributed by atoms with E-state index in [0.29, 0.717) is 5.41 Å². The van der Waals surface area contributed by atoms with Crippen molar-refractivity contribution in [3.8, 4) is 0 Å². The van der Waals surface area contributed by atoms with Crippen LogP contribution in [0.5, 0.6) is 0 Å². The lowest BCUT2D eigenvalue weighted by Crippen LogP contribution is -2.59. The number of para-hydroxylation sites is 1. The number of rotatable bonds is 0. The van der Waals surface area contributed by atoms with Gasteiger partial charge in [0.15, 0.2) is 0 Å². The molecule has 0 spiro atoms. The predicted octanol–water partition coefficient (Wildman–Crippen LogP) is 2.42. The summed E-state index contributed by atoms with van der Waals surface area (Å²) in [6.07, 6.45) is 3.81. The Morgan fingerprint density at radius 2 is 2.18 bits per heavy atom. The Balaban J connectivity index is 2.04. The van der Waals surface area contributed by atoms with Crippen LogP contribution >= 0.6 is 0 Å². The van der Waals surface area contributed by atoms with Crippen LogP contribution in [0.1, 0.15) is 37.8 Å². The maximum absolute atomic E-state index is 3.77. The van der Waals surface area contributed by atoms with Gasteiger partial charge in [0.1, 0.15) is 0 Å². The Bertz CT molecular complexity index is 496. The molecule has 0 radical (unpaired) electrons. The van der Waals surface area contributed by atoms with Gasteiger partial charge in [0.25, 0.3) is 0 Å². The fraction of sp³-hybridized carbons (Fsp3) is 0.600. The predicted molar refractivity (Wildman–Crippen MR) is 70.5 cm³/mol. The van der Waals surface area contributed by atoms with E-state index in [9.17, 15) is 0 Å². The summed E-state index contributed by atoms with van der Waals surface area (Å²) < 4.78 is 0. The van der Waals surface area contributed by atoms with Crippen LogP contribution in [-0.4, -0.2) is 18.8 Å². The summed E-state index contributed by atoms with van der Waals surface area (Å²) in [5.41, 5.74) is 5.14. The van der Waals surface area contributed by atoms with Crippen molar-refractivity contribution in [3.05, 3.63) is 29.3 Å². The molecule has 3 aliphatic heterocycles. The molecule has 2 heteroatoms. The minimum absolute atomic E-state index is 0.145. The molecule has 3 heterocycles. The minimum atomic E-state index is 0.145. The first-order valence-corrected chi connectivity index (χ1v) is 6.82. The van der Waals surface area contributed by atoms with E-state index in [-0.39, 0.29) is 5.66 Å². The molecule has 90 valence electrons. The molecule has 0 aromatic heterocycles. The Kier molecular flexibility index (Phi) is 1.68. The maximum Gasteiger partial charge on any atom is 0.0976 e. The molecule has 2 atom stereocenters. The van der Waals surface area contributed by atoms with Gasteiger partial charge in [0.2, 0.25) is 0 Å². The average Bonchev–Trinajstić information content (AvgIpc) is 2.74. The van der Waals surface area contributed by atoms with Crippen LogP contribution in [0.3, 0.4) is 0 Å². The molecule has 1 fully saturated rings. The van der Waals surface area contributed by atoms with Crippen molar-refractivity contribution in [2.75, 3.05) is 18.0 Å². The van der Waals surface area contributed by atoms with Crippen molar-refractivity contribution in [2.24, 2.45) is 0 Å². The maximum atomic E-state index is 3.77. The minimum Gasteiger partial charge on any atom is -0.352 e. The zero-order valence-corrected chi connectivity index (χ0v) is 10.7. The van der Waals surface area contributed by atoms with Crippen LogP contribution in [0.4, 0.5) is 5.69 Å². The standard InChI is InChI=1S/C15H20N2/c1-14-8-9-16-15(14,2)17-10-4-6-11-5-3-7-12(14)13(11)17/h3,5,7,16H,4,6,8-10H2,1-2H3/t14-,15+/m1/s1. The van der Waals surface area contributed by atoms with Crippen molar-refractivity contribution in [2.45, 2.75) is 44.2 Å². The molecule has 0 amide bonds. The van der Waals surface area contributed by atoms with E-state index in [2.05, 4.69) is 42.3 Å². The molecule has 2 nitrogen and oxygen atoms in total. The van der Waals surface area contributed by atoms with Gasteiger partial charge in [-0.2, -0.15) is 0 Å². The van der Waals surface area contributed by atoms with Crippen LogP contribution in [0, 0.1) is 0 Å². The second-order valence-corrected chi connectivity index (χ2v) is 6.15. The van der Waals surface area contributed by atoms with E-state index < -0.39 is 0 Å². The van der Waals surface area contributed by atoms with Crippen LogP contribution in [0.25, 0.3) is 0 Å². The Hall–Kier alpha value is -1.02. The summed E-state index contributed by atoms with van der Waals surface area (Å²) in [5.74, 6) is 0. The third-order valence-corrected chi connectivity index (χ3v) is 5.52. The lowest BCUT2D eigenvalue weighted by molar-refractivity contribution is 0.281. The van der Waals surface area contributed by atoms with E-state index >= 15 is 0 Å². The highest BCUT2D eigenvalue weighted by molar-refractivity contribution is 5.72. The Morgan fingerprint density at radius 3 is 3.06 bits per heavy atom. The fourth-order valence-electron chi connectivity index (χ4n) is 4.33. The Labute approximate surface area is 103 Å². The lowest BCUT2D eigenvalue weighted by Gasteiger charge is -2.43. The van der Waals surface area contributed by atoms with E-state index in [1.807, 2.05) is 0 Å². The molecule has 3 aliphatic rings. The van der Waals surface area contributed by atoms with Gasteiger partial charge < -0.3 is 4.90 Å². The first-order valence-electron chi connectivity index (χ1n) is 6.82. The number of benzene rings is 1. The van der Waals surface area contributed by atoms with Crippen molar-refractivity contribution >= 4 is 5.69 Å². The zero-order valence-electron chi connectivity index (χ0n) is 10.7. The molecule has 17 heavy (non-hydrogen) atoms. The Morgan fingerprint density at radius 1 is 1.29 bits per heavy atom. The van der Waals surface area contributed by atoms with Crippen LogP contribution in [0.15, 0.2) is 18.2 Å². The van der Waals surface area contributed by atoms with Crippen molar-refractivity contribution < 1.29 is 0 Å². The summed E-state index contributed by atoms with van der Waals surface area (Å²) in [6, 6.07) is 6.93. The van der Waals surface area contributed by atoms with Crippen molar-refractivity contribution in [1.29, 1.82) is 0 Å². The second kappa shape index (κ2) is 2.86. The lowest BCUT2D eigenvalue weighted by atomic mass is 9.75. The highest BCUT2D eigenvalue weighted by atomic mass is 15.4. The smallest absolute Gasteiger partial charge is 0.0976 e. The fourth-order valence-corrected chi connectivity index (χ4v) is 4.33.